The molecular formula is C23H31N2O3+. The van der Waals surface area contributed by atoms with E-state index in [9.17, 15) is 4.79 Å². The second-order valence-electron chi connectivity index (χ2n) is 10.1. The Hall–Kier alpha value is -1.75. The predicted octanol–water partition coefficient (Wildman–Crippen LogP) is 1.86. The number of benzene rings is 1. The van der Waals surface area contributed by atoms with Gasteiger partial charge in [-0.1, -0.05) is 0 Å². The maximum Gasteiger partial charge on any atom is 0.231 e. The molecule has 5 nitrogen and oxygen atoms in total. The van der Waals surface area contributed by atoms with Crippen LogP contribution in [0.4, 0.5) is 0 Å². The van der Waals surface area contributed by atoms with E-state index in [4.69, 9.17) is 9.47 Å². The summed E-state index contributed by atoms with van der Waals surface area (Å²) >= 11 is 0. The molecule has 0 spiro atoms. The summed E-state index contributed by atoms with van der Waals surface area (Å²) in [6.45, 7) is 5.26. The predicted molar refractivity (Wildman–Crippen MR) is 104 cm³/mol. The Morgan fingerprint density at radius 3 is 2.32 bits per heavy atom. The first-order valence-electron chi connectivity index (χ1n) is 11.2. The summed E-state index contributed by atoms with van der Waals surface area (Å²) in [7, 11) is 0. The van der Waals surface area contributed by atoms with Crippen LogP contribution in [0.25, 0.3) is 0 Å². The van der Waals surface area contributed by atoms with E-state index in [1.54, 1.807) is 4.90 Å². The average molecular weight is 384 g/mol. The smallest absolute Gasteiger partial charge is 0.231 e. The van der Waals surface area contributed by atoms with Crippen LogP contribution in [0.1, 0.15) is 44.1 Å². The molecule has 6 aliphatic rings. The van der Waals surface area contributed by atoms with E-state index in [-0.39, 0.29) is 5.41 Å². The van der Waals surface area contributed by atoms with E-state index in [2.05, 4.69) is 17.0 Å². The molecule has 28 heavy (non-hydrogen) atoms. The second kappa shape index (κ2) is 6.38. The molecule has 150 valence electrons. The van der Waals surface area contributed by atoms with Crippen molar-refractivity contribution in [2.45, 2.75) is 45.1 Å². The van der Waals surface area contributed by atoms with Crippen LogP contribution in [-0.2, 0) is 11.3 Å². The standard InChI is InChI=1S/C23H30N2O3/c26-22(23-11-17-7-18(12-23)9-19(8-17)13-23)25-5-3-24(4-6-25)14-16-1-2-20-21(10-16)28-15-27-20/h1-2,10,17-19H,3-9,11-15H2/p+1. The maximum absolute atomic E-state index is 13.5. The molecule has 1 saturated heterocycles. The molecule has 0 radical (unpaired) electrons. The summed E-state index contributed by atoms with van der Waals surface area (Å²) in [5, 5.41) is 0. The quantitative estimate of drug-likeness (QED) is 0.867. The zero-order valence-electron chi connectivity index (χ0n) is 16.6. The summed E-state index contributed by atoms with van der Waals surface area (Å²) in [5.74, 6) is 4.75. The fourth-order valence-corrected chi connectivity index (χ4v) is 7.25. The van der Waals surface area contributed by atoms with Gasteiger partial charge in [0.25, 0.3) is 0 Å². The molecule has 2 aliphatic heterocycles. The number of carbonyl (C=O) groups excluding carboxylic acids is 1. The van der Waals surface area contributed by atoms with E-state index in [0.717, 1.165) is 62.0 Å². The Morgan fingerprint density at radius 2 is 1.64 bits per heavy atom. The molecule has 4 bridgehead atoms. The molecule has 1 aromatic carbocycles. The first kappa shape index (κ1) is 17.1. The average Bonchev–Trinajstić information content (AvgIpc) is 3.15. The number of nitrogens with one attached hydrogen (secondary N) is 1. The normalized spacial score (nSPS) is 36.1. The molecule has 1 aromatic rings. The topological polar surface area (TPSA) is 43.2 Å². The molecule has 1 N–H and O–H groups in total. The van der Waals surface area contributed by atoms with Gasteiger partial charge in [0, 0.05) is 5.56 Å². The van der Waals surface area contributed by atoms with Crippen molar-refractivity contribution in [2.24, 2.45) is 23.2 Å². The van der Waals surface area contributed by atoms with Gasteiger partial charge in [-0.15, -0.1) is 0 Å². The lowest BCUT2D eigenvalue weighted by Gasteiger charge is -2.56. The van der Waals surface area contributed by atoms with E-state index < -0.39 is 0 Å². The van der Waals surface area contributed by atoms with Crippen molar-refractivity contribution < 1.29 is 19.2 Å². The molecule has 0 unspecified atom stereocenters. The van der Waals surface area contributed by atoms with Gasteiger partial charge < -0.3 is 19.3 Å². The van der Waals surface area contributed by atoms with Crippen molar-refractivity contribution in [1.29, 1.82) is 0 Å². The van der Waals surface area contributed by atoms with Gasteiger partial charge in [0.15, 0.2) is 11.5 Å². The largest absolute Gasteiger partial charge is 0.454 e. The summed E-state index contributed by atoms with van der Waals surface area (Å²) in [5.41, 5.74) is 1.31. The van der Waals surface area contributed by atoms with Crippen molar-refractivity contribution in [2.75, 3.05) is 33.0 Å². The number of rotatable bonds is 3. The fraction of sp³-hybridized carbons (Fsp3) is 0.696. The first-order valence-corrected chi connectivity index (χ1v) is 11.2. The third kappa shape index (κ3) is 2.81. The van der Waals surface area contributed by atoms with Crippen molar-refractivity contribution in [3.63, 3.8) is 0 Å². The fourth-order valence-electron chi connectivity index (χ4n) is 7.25. The number of carbonyl (C=O) groups is 1. The highest BCUT2D eigenvalue weighted by atomic mass is 16.7. The molecule has 4 aliphatic carbocycles. The summed E-state index contributed by atoms with van der Waals surface area (Å²) in [4.78, 5) is 17.3. The second-order valence-corrected chi connectivity index (χ2v) is 10.1. The third-order valence-corrected chi connectivity index (χ3v) is 8.14. The molecule has 5 heteroatoms. The van der Waals surface area contributed by atoms with Gasteiger partial charge in [-0.25, -0.2) is 0 Å². The summed E-state index contributed by atoms with van der Waals surface area (Å²) in [6.07, 6.45) is 7.76. The highest BCUT2D eigenvalue weighted by Crippen LogP contribution is 2.60. The maximum atomic E-state index is 13.5. The van der Waals surface area contributed by atoms with Crippen LogP contribution in [0.5, 0.6) is 11.5 Å². The van der Waals surface area contributed by atoms with Crippen molar-refractivity contribution in [3.8, 4) is 11.5 Å². The van der Waals surface area contributed by atoms with Crippen LogP contribution in [0.15, 0.2) is 18.2 Å². The summed E-state index contributed by atoms with van der Waals surface area (Å²) < 4.78 is 10.9. The van der Waals surface area contributed by atoms with Gasteiger partial charge in [-0.2, -0.15) is 0 Å². The number of hydrogen-bond donors (Lipinski definition) is 1. The van der Waals surface area contributed by atoms with Crippen LogP contribution in [0.2, 0.25) is 0 Å². The van der Waals surface area contributed by atoms with Crippen molar-refractivity contribution in [1.82, 2.24) is 4.90 Å². The molecule has 2 heterocycles. The van der Waals surface area contributed by atoms with Crippen LogP contribution >= 0.6 is 0 Å². The third-order valence-electron chi connectivity index (χ3n) is 8.14. The van der Waals surface area contributed by atoms with Gasteiger partial charge in [-0.05, 0) is 74.5 Å². The summed E-state index contributed by atoms with van der Waals surface area (Å²) in [6, 6.07) is 6.28. The highest BCUT2D eigenvalue weighted by molar-refractivity contribution is 5.83. The Balaban J connectivity index is 1.08. The molecule has 1 amide bonds. The Kier molecular flexibility index (Phi) is 3.90. The number of nitrogens with zero attached hydrogens (tertiary/aromatic N) is 1. The van der Waals surface area contributed by atoms with Crippen LogP contribution in [0, 0.1) is 23.2 Å². The Labute approximate surface area is 167 Å². The van der Waals surface area contributed by atoms with E-state index in [1.165, 1.54) is 44.1 Å². The zero-order valence-corrected chi connectivity index (χ0v) is 16.6. The molecule has 5 fully saturated rings. The lowest BCUT2D eigenvalue weighted by Crippen LogP contribution is -3.13. The number of quaternary nitrogens is 1. The first-order chi connectivity index (χ1) is 13.7. The minimum atomic E-state index is 0.0174. The number of amides is 1. The number of ether oxygens (including phenoxy) is 2. The van der Waals surface area contributed by atoms with Gasteiger partial charge in [0.05, 0.1) is 31.6 Å². The van der Waals surface area contributed by atoms with E-state index in [0.29, 0.717) is 12.7 Å². The Bertz CT molecular complexity index is 749. The van der Waals surface area contributed by atoms with Crippen LogP contribution in [0.3, 0.4) is 0 Å². The van der Waals surface area contributed by atoms with Crippen LogP contribution in [-0.4, -0.2) is 43.8 Å². The van der Waals surface area contributed by atoms with Gasteiger partial charge in [-0.3, -0.25) is 4.79 Å². The molecule has 7 rings (SSSR count). The van der Waals surface area contributed by atoms with Crippen molar-refractivity contribution in [3.05, 3.63) is 23.8 Å². The minimum Gasteiger partial charge on any atom is -0.454 e. The number of hydrogen-bond acceptors (Lipinski definition) is 3. The van der Waals surface area contributed by atoms with Gasteiger partial charge in [0.1, 0.15) is 6.54 Å². The van der Waals surface area contributed by atoms with Crippen molar-refractivity contribution >= 4 is 5.91 Å². The molecule has 0 aromatic heterocycles. The van der Waals surface area contributed by atoms with Crippen LogP contribution < -0.4 is 14.4 Å². The molecular weight excluding hydrogens is 352 g/mol. The van der Waals surface area contributed by atoms with E-state index >= 15 is 0 Å². The lowest BCUT2D eigenvalue weighted by molar-refractivity contribution is -0.917. The monoisotopic (exact) mass is 383 g/mol. The van der Waals surface area contributed by atoms with E-state index in [1.807, 2.05) is 6.07 Å². The van der Waals surface area contributed by atoms with Gasteiger partial charge in [0.2, 0.25) is 12.7 Å². The minimum absolute atomic E-state index is 0.0174. The highest BCUT2D eigenvalue weighted by Gasteiger charge is 2.55. The Morgan fingerprint density at radius 1 is 1.00 bits per heavy atom. The molecule has 4 saturated carbocycles. The zero-order chi connectivity index (χ0) is 18.7. The lowest BCUT2D eigenvalue weighted by atomic mass is 9.49. The SMILES string of the molecule is O=C(N1CC[NH+](Cc2ccc3c(c2)OCO3)CC1)C12CC3CC(CC(C3)C1)C2. The molecule has 0 atom stereocenters. The van der Waals surface area contributed by atoms with Gasteiger partial charge >= 0.3 is 0 Å². The number of piperazine rings is 1. The number of fused-ring (bicyclic) bond motifs is 1.